The van der Waals surface area contributed by atoms with Crippen molar-refractivity contribution in [2.24, 2.45) is 0 Å². The third-order valence-corrected chi connectivity index (χ3v) is 9.09. The summed E-state index contributed by atoms with van der Waals surface area (Å²) in [6.07, 6.45) is 3.99. The van der Waals surface area contributed by atoms with Gasteiger partial charge in [0.2, 0.25) is 12.9 Å². The van der Waals surface area contributed by atoms with Crippen LogP contribution in [-0.4, -0.2) is 31.9 Å². The van der Waals surface area contributed by atoms with Crippen LogP contribution in [0.1, 0.15) is 64.2 Å². The minimum Gasteiger partial charge on any atom is -0.211 e. The fraction of sp³-hybridized carbons (Fsp3) is 1.00. The minimum atomic E-state index is -2.12. The number of alkyl halides is 4. The van der Waals surface area contributed by atoms with Gasteiger partial charge in [-0.2, -0.15) is 0 Å². The quantitative estimate of drug-likeness (QED) is 0.185. The number of unbranched alkanes of at least 4 members (excludes halogenated alkanes) is 6. The van der Waals surface area contributed by atoms with Crippen molar-refractivity contribution in [1.82, 2.24) is 0 Å². The molecule has 0 aliphatic rings. The molecule has 0 bridgehead atoms. The first-order valence-electron chi connectivity index (χ1n) is 9.19. The van der Waals surface area contributed by atoms with E-state index in [1.54, 1.807) is 0 Å². The highest BCUT2D eigenvalue weighted by molar-refractivity contribution is 6.42. The zero-order valence-electron chi connectivity index (χ0n) is 14.0. The Morgan fingerprint density at radius 3 is 1.18 bits per heavy atom. The molecule has 0 aliphatic carbocycles. The predicted molar refractivity (Wildman–Crippen MR) is 94.5 cm³/mol. The highest BCUT2D eigenvalue weighted by atomic mass is 28.2. The Bertz CT molecular complexity index is 194. The third-order valence-electron chi connectivity index (χ3n) is 4.09. The summed E-state index contributed by atoms with van der Waals surface area (Å²) < 4.78 is 47.6. The van der Waals surface area contributed by atoms with Gasteiger partial charge >= 0.3 is 0 Å². The first kappa shape index (κ1) is 22.2. The van der Waals surface area contributed by atoms with Gasteiger partial charge in [0, 0.05) is 31.9 Å². The van der Waals surface area contributed by atoms with Crippen molar-refractivity contribution in [1.29, 1.82) is 0 Å². The van der Waals surface area contributed by atoms with Gasteiger partial charge in [-0.1, -0.05) is 62.7 Å². The maximum absolute atomic E-state index is 11.9. The van der Waals surface area contributed by atoms with Gasteiger partial charge in [-0.15, -0.1) is 0 Å². The molecule has 0 atom stereocenters. The first-order chi connectivity index (χ1) is 10.6. The molecule has 0 rings (SSSR count). The van der Waals surface area contributed by atoms with E-state index in [0.29, 0.717) is 12.8 Å². The van der Waals surface area contributed by atoms with Crippen LogP contribution < -0.4 is 0 Å². The highest BCUT2D eigenvalue weighted by Gasteiger charge is 2.02. The summed E-state index contributed by atoms with van der Waals surface area (Å²) in [6, 6.07) is 5.71. The molecule has 0 aromatic carbocycles. The lowest BCUT2D eigenvalue weighted by Gasteiger charge is -2.03. The van der Waals surface area contributed by atoms with Crippen molar-refractivity contribution < 1.29 is 17.6 Å². The molecule has 0 radical (unpaired) electrons. The summed E-state index contributed by atoms with van der Waals surface area (Å²) in [5.74, 6) is 0. The maximum Gasteiger partial charge on any atom is 0.238 e. The molecule has 0 aliphatic heterocycles. The predicted octanol–water partition coefficient (Wildman–Crippen LogP) is 5.43. The lowest BCUT2D eigenvalue weighted by atomic mass is 10.2. The summed E-state index contributed by atoms with van der Waals surface area (Å²) in [5.41, 5.74) is 0. The monoisotopic (exact) mass is 358 g/mol. The van der Waals surface area contributed by atoms with Gasteiger partial charge in [-0.25, -0.2) is 17.6 Å². The van der Waals surface area contributed by atoms with Gasteiger partial charge in [0.15, 0.2) is 0 Å². The van der Waals surface area contributed by atoms with E-state index in [9.17, 15) is 17.6 Å². The van der Waals surface area contributed by atoms with Crippen molar-refractivity contribution in [3.63, 3.8) is 0 Å². The summed E-state index contributed by atoms with van der Waals surface area (Å²) in [6.45, 7) is 0. The summed E-state index contributed by atoms with van der Waals surface area (Å²) in [4.78, 5) is 0. The van der Waals surface area contributed by atoms with E-state index < -0.39 is 12.9 Å². The zero-order valence-corrected chi connectivity index (χ0v) is 16.8. The van der Waals surface area contributed by atoms with Crippen LogP contribution in [0, 0.1) is 0 Å². The minimum absolute atomic E-state index is 0.0746. The van der Waals surface area contributed by atoms with E-state index in [4.69, 9.17) is 0 Å². The third kappa shape index (κ3) is 20.2. The number of hydrogen-bond acceptors (Lipinski definition) is 0. The van der Waals surface area contributed by atoms with Crippen molar-refractivity contribution >= 4 is 19.0 Å². The van der Waals surface area contributed by atoms with Crippen molar-refractivity contribution in [3.05, 3.63) is 0 Å². The van der Waals surface area contributed by atoms with Gasteiger partial charge in [0.1, 0.15) is 0 Å². The van der Waals surface area contributed by atoms with E-state index in [1.807, 2.05) is 0 Å². The van der Waals surface area contributed by atoms with Crippen LogP contribution in [0.5, 0.6) is 0 Å². The van der Waals surface area contributed by atoms with Crippen molar-refractivity contribution in [2.75, 3.05) is 0 Å². The lowest BCUT2D eigenvalue weighted by Crippen LogP contribution is -1.95. The zero-order chi connectivity index (χ0) is 16.5. The molecular formula is C16H34F4Si2. The molecule has 22 heavy (non-hydrogen) atoms. The fourth-order valence-corrected chi connectivity index (χ4v) is 7.67. The summed E-state index contributed by atoms with van der Waals surface area (Å²) in [5, 5.41) is 0. The summed E-state index contributed by atoms with van der Waals surface area (Å²) in [7, 11) is 0.216. The van der Waals surface area contributed by atoms with E-state index in [0.717, 1.165) is 25.7 Å². The Hall–Kier alpha value is 0.154. The Kier molecular flexibility index (Phi) is 17.6. The molecular weight excluding hydrogens is 324 g/mol. The second-order valence-electron chi connectivity index (χ2n) is 6.31. The van der Waals surface area contributed by atoms with Gasteiger partial charge < -0.3 is 0 Å². The van der Waals surface area contributed by atoms with Crippen molar-refractivity contribution in [3.8, 4) is 0 Å². The maximum atomic E-state index is 11.9. The fourth-order valence-electron chi connectivity index (χ4n) is 2.72. The van der Waals surface area contributed by atoms with Crippen LogP contribution in [0.25, 0.3) is 0 Å². The average molecular weight is 359 g/mol. The molecule has 0 nitrogen and oxygen atoms in total. The molecule has 0 unspecified atom stereocenters. The molecule has 0 fully saturated rings. The number of halogens is 4. The molecule has 134 valence electrons. The normalized spacial score (nSPS) is 12.8. The molecule has 0 aromatic rings. The average Bonchev–Trinajstić information content (AvgIpc) is 2.46. The van der Waals surface area contributed by atoms with Crippen LogP contribution in [0.4, 0.5) is 17.6 Å². The number of hydrogen-bond donors (Lipinski definition) is 0. The van der Waals surface area contributed by atoms with Crippen LogP contribution in [0.2, 0.25) is 24.2 Å². The Morgan fingerprint density at radius 1 is 0.455 bits per heavy atom. The second kappa shape index (κ2) is 17.5. The SMILES string of the molecule is FC(F)CCCCCC[SiH2]CC[SiH2]CCCCCCC(F)F. The van der Waals surface area contributed by atoms with Crippen molar-refractivity contribution in [2.45, 2.75) is 101 Å². The standard InChI is InChI=1S/C16H34F4Si2/c17-15(18)9-5-1-3-7-11-21-13-14-22-12-8-4-2-6-10-16(19)20/h15-16H,1-14,21-22H2. The molecule has 0 saturated carbocycles. The molecule has 0 spiro atoms. The molecule has 0 N–H and O–H groups in total. The smallest absolute Gasteiger partial charge is 0.211 e. The molecule has 0 amide bonds. The van der Waals surface area contributed by atoms with E-state index in [2.05, 4.69) is 0 Å². The molecule has 0 aromatic heterocycles. The first-order valence-corrected chi connectivity index (χ1v) is 13.2. The van der Waals surface area contributed by atoms with E-state index >= 15 is 0 Å². The van der Waals surface area contributed by atoms with Gasteiger partial charge in [-0.3, -0.25) is 0 Å². The largest absolute Gasteiger partial charge is 0.238 e. The molecule has 0 heterocycles. The molecule has 0 saturated heterocycles. The van der Waals surface area contributed by atoms with Crippen LogP contribution >= 0.6 is 0 Å². The van der Waals surface area contributed by atoms with E-state index in [-0.39, 0.29) is 31.9 Å². The van der Waals surface area contributed by atoms with Gasteiger partial charge in [-0.05, 0) is 12.8 Å². The Morgan fingerprint density at radius 2 is 0.818 bits per heavy atom. The van der Waals surface area contributed by atoms with Crippen LogP contribution in [-0.2, 0) is 0 Å². The van der Waals surface area contributed by atoms with Crippen LogP contribution in [0.15, 0.2) is 0 Å². The Labute approximate surface area is 138 Å². The van der Waals surface area contributed by atoms with E-state index in [1.165, 1.54) is 37.0 Å². The number of rotatable bonds is 17. The van der Waals surface area contributed by atoms with Crippen LogP contribution in [0.3, 0.4) is 0 Å². The lowest BCUT2D eigenvalue weighted by molar-refractivity contribution is 0.133. The van der Waals surface area contributed by atoms with Gasteiger partial charge in [0.25, 0.3) is 0 Å². The Balaban J connectivity index is 2.97. The topological polar surface area (TPSA) is 0 Å². The highest BCUT2D eigenvalue weighted by Crippen LogP contribution is 2.12. The van der Waals surface area contributed by atoms with Gasteiger partial charge in [0.05, 0.1) is 0 Å². The molecule has 6 heteroatoms. The second-order valence-corrected chi connectivity index (χ2v) is 10.6. The summed E-state index contributed by atoms with van der Waals surface area (Å²) >= 11 is 0.